The summed E-state index contributed by atoms with van der Waals surface area (Å²) < 4.78 is 4.97. The maximum Gasteiger partial charge on any atom is 0.221 e. The molecule has 2 heterocycles. The molecule has 0 aliphatic carbocycles. The van der Waals surface area contributed by atoms with Gasteiger partial charge in [-0.3, -0.25) is 9.78 Å². The van der Waals surface area contributed by atoms with Crippen molar-refractivity contribution in [2.24, 2.45) is 0 Å². The quantitative estimate of drug-likeness (QED) is 0.731. The summed E-state index contributed by atoms with van der Waals surface area (Å²) in [6.45, 7) is 0. The maximum absolute atomic E-state index is 11.9. The standard InChI is InChI=1S/C12H8N2O2/c13-8-9(10-4-1-2-6-14-10)12(15)11-5-3-7-16-11/h1-7,9H/t9-/m1/s1. The van der Waals surface area contributed by atoms with E-state index in [1.807, 2.05) is 6.07 Å². The summed E-state index contributed by atoms with van der Waals surface area (Å²) in [7, 11) is 0. The van der Waals surface area contributed by atoms with Crippen molar-refractivity contribution in [2.45, 2.75) is 5.92 Å². The van der Waals surface area contributed by atoms with Crippen LogP contribution >= 0.6 is 0 Å². The minimum absolute atomic E-state index is 0.178. The second kappa shape index (κ2) is 4.41. The van der Waals surface area contributed by atoms with E-state index in [1.54, 1.807) is 30.5 Å². The largest absolute Gasteiger partial charge is 0.461 e. The summed E-state index contributed by atoms with van der Waals surface area (Å²) in [5.74, 6) is -1.10. The first-order chi connectivity index (χ1) is 7.83. The minimum Gasteiger partial charge on any atom is -0.461 e. The Bertz CT molecular complexity index is 512. The van der Waals surface area contributed by atoms with Crippen molar-refractivity contribution in [1.29, 1.82) is 5.26 Å². The number of carbonyl (C=O) groups is 1. The van der Waals surface area contributed by atoms with E-state index in [1.165, 1.54) is 12.3 Å². The van der Waals surface area contributed by atoms with Crippen LogP contribution in [0.15, 0.2) is 47.2 Å². The second-order valence-corrected chi connectivity index (χ2v) is 3.16. The van der Waals surface area contributed by atoms with Crippen LogP contribution in [0.4, 0.5) is 0 Å². The van der Waals surface area contributed by atoms with Gasteiger partial charge >= 0.3 is 0 Å². The summed E-state index contributed by atoms with van der Waals surface area (Å²) in [5, 5.41) is 9.00. The molecule has 78 valence electrons. The van der Waals surface area contributed by atoms with Gasteiger partial charge in [-0.25, -0.2) is 0 Å². The van der Waals surface area contributed by atoms with Gasteiger partial charge in [0.05, 0.1) is 18.0 Å². The van der Waals surface area contributed by atoms with Crippen LogP contribution in [0.3, 0.4) is 0 Å². The number of rotatable bonds is 3. The van der Waals surface area contributed by atoms with Gasteiger partial charge in [0.2, 0.25) is 5.78 Å². The summed E-state index contributed by atoms with van der Waals surface area (Å²) in [6, 6.07) is 10.2. The number of pyridine rings is 1. The number of aromatic nitrogens is 1. The molecule has 0 aliphatic heterocycles. The first kappa shape index (κ1) is 10.1. The fourth-order valence-corrected chi connectivity index (χ4v) is 1.37. The van der Waals surface area contributed by atoms with Gasteiger partial charge in [0, 0.05) is 6.20 Å². The smallest absolute Gasteiger partial charge is 0.221 e. The van der Waals surface area contributed by atoms with Gasteiger partial charge in [0.15, 0.2) is 11.7 Å². The summed E-state index contributed by atoms with van der Waals surface area (Å²) in [4.78, 5) is 15.9. The monoisotopic (exact) mass is 212 g/mol. The molecule has 0 N–H and O–H groups in total. The van der Waals surface area contributed by atoms with Crippen LogP contribution in [0.1, 0.15) is 22.2 Å². The van der Waals surface area contributed by atoms with E-state index in [0.717, 1.165) is 0 Å². The maximum atomic E-state index is 11.9. The van der Waals surface area contributed by atoms with E-state index in [4.69, 9.17) is 9.68 Å². The first-order valence-electron chi connectivity index (χ1n) is 4.71. The van der Waals surface area contributed by atoms with E-state index in [2.05, 4.69) is 4.98 Å². The highest BCUT2D eigenvalue weighted by Crippen LogP contribution is 2.18. The molecule has 0 saturated heterocycles. The third-order valence-corrected chi connectivity index (χ3v) is 2.14. The lowest BCUT2D eigenvalue weighted by Gasteiger charge is -2.04. The molecule has 2 aromatic rings. The van der Waals surface area contributed by atoms with Gasteiger partial charge < -0.3 is 4.42 Å². The fourth-order valence-electron chi connectivity index (χ4n) is 1.37. The molecule has 2 aromatic heterocycles. The Morgan fingerprint density at radius 1 is 1.38 bits per heavy atom. The SMILES string of the molecule is N#C[C@@H](C(=O)c1ccco1)c1ccccn1. The topological polar surface area (TPSA) is 66.9 Å². The zero-order valence-electron chi connectivity index (χ0n) is 8.33. The summed E-state index contributed by atoms with van der Waals surface area (Å²) in [6.07, 6.45) is 2.95. The lowest BCUT2D eigenvalue weighted by atomic mass is 9.99. The molecule has 0 bridgehead atoms. The number of nitriles is 1. The number of hydrogen-bond acceptors (Lipinski definition) is 4. The van der Waals surface area contributed by atoms with Crippen molar-refractivity contribution in [3.63, 3.8) is 0 Å². The highest BCUT2D eigenvalue weighted by Gasteiger charge is 2.24. The van der Waals surface area contributed by atoms with Gasteiger partial charge in [-0.2, -0.15) is 5.26 Å². The summed E-state index contributed by atoms with van der Waals surface area (Å²) >= 11 is 0. The van der Waals surface area contributed by atoms with E-state index in [9.17, 15) is 4.79 Å². The third kappa shape index (κ3) is 1.84. The Morgan fingerprint density at radius 3 is 2.81 bits per heavy atom. The first-order valence-corrected chi connectivity index (χ1v) is 4.71. The fraction of sp³-hybridized carbons (Fsp3) is 0.0833. The van der Waals surface area contributed by atoms with Crippen molar-refractivity contribution in [3.8, 4) is 6.07 Å². The van der Waals surface area contributed by atoms with Gasteiger partial charge in [0.25, 0.3) is 0 Å². The van der Waals surface area contributed by atoms with Crippen molar-refractivity contribution < 1.29 is 9.21 Å². The zero-order chi connectivity index (χ0) is 11.4. The molecule has 1 atom stereocenters. The predicted molar refractivity (Wildman–Crippen MR) is 55.6 cm³/mol. The third-order valence-electron chi connectivity index (χ3n) is 2.14. The molecule has 16 heavy (non-hydrogen) atoms. The van der Waals surface area contributed by atoms with E-state index in [-0.39, 0.29) is 11.5 Å². The Hall–Kier alpha value is -2.41. The van der Waals surface area contributed by atoms with Crippen LogP contribution in [0, 0.1) is 11.3 Å². The second-order valence-electron chi connectivity index (χ2n) is 3.16. The molecule has 0 aliphatic rings. The van der Waals surface area contributed by atoms with Crippen LogP contribution in [0.25, 0.3) is 0 Å². The van der Waals surface area contributed by atoms with Crippen LogP contribution in [0.2, 0.25) is 0 Å². The average molecular weight is 212 g/mol. The number of nitrogens with zero attached hydrogens (tertiary/aromatic N) is 2. The number of Topliss-reactive ketones (excluding diaryl/α,β-unsaturated/α-hetero) is 1. The number of furan rings is 1. The van der Waals surface area contributed by atoms with Crippen LogP contribution < -0.4 is 0 Å². The molecule has 0 saturated carbocycles. The van der Waals surface area contributed by atoms with Gasteiger partial charge in [0.1, 0.15) is 0 Å². The molecule has 4 nitrogen and oxygen atoms in total. The Morgan fingerprint density at radius 2 is 2.25 bits per heavy atom. The van der Waals surface area contributed by atoms with Gasteiger partial charge in [-0.1, -0.05) is 6.07 Å². The van der Waals surface area contributed by atoms with E-state index in [0.29, 0.717) is 5.69 Å². The Balaban J connectivity index is 2.32. The molecule has 0 unspecified atom stereocenters. The predicted octanol–water partition coefficient (Wildman–Crippen LogP) is 2.16. The molecule has 2 rings (SSSR count). The lowest BCUT2D eigenvalue weighted by molar-refractivity contribution is 0.0950. The lowest BCUT2D eigenvalue weighted by Crippen LogP contribution is -2.11. The van der Waals surface area contributed by atoms with E-state index < -0.39 is 5.92 Å². The van der Waals surface area contributed by atoms with Crippen LogP contribution in [-0.4, -0.2) is 10.8 Å². The Labute approximate surface area is 92.2 Å². The average Bonchev–Trinajstić information content (AvgIpc) is 2.85. The number of carbonyl (C=O) groups excluding carboxylic acids is 1. The highest BCUT2D eigenvalue weighted by molar-refractivity contribution is 6.00. The van der Waals surface area contributed by atoms with Gasteiger partial charge in [-0.05, 0) is 24.3 Å². The van der Waals surface area contributed by atoms with Crippen LogP contribution in [0.5, 0.6) is 0 Å². The molecule has 0 amide bonds. The molecule has 4 heteroatoms. The van der Waals surface area contributed by atoms with Crippen molar-refractivity contribution in [1.82, 2.24) is 4.98 Å². The van der Waals surface area contributed by atoms with E-state index >= 15 is 0 Å². The minimum atomic E-state index is -0.910. The normalized spacial score (nSPS) is 11.7. The highest BCUT2D eigenvalue weighted by atomic mass is 16.3. The van der Waals surface area contributed by atoms with Crippen molar-refractivity contribution >= 4 is 5.78 Å². The zero-order valence-corrected chi connectivity index (χ0v) is 8.33. The number of hydrogen-bond donors (Lipinski definition) is 0. The molecule has 0 aromatic carbocycles. The molecule has 0 spiro atoms. The molecule has 0 radical (unpaired) electrons. The van der Waals surface area contributed by atoms with Crippen LogP contribution in [-0.2, 0) is 0 Å². The molecule has 0 fully saturated rings. The molecular formula is C12H8N2O2. The van der Waals surface area contributed by atoms with Crippen molar-refractivity contribution in [3.05, 3.63) is 54.2 Å². The van der Waals surface area contributed by atoms with Crippen molar-refractivity contribution in [2.75, 3.05) is 0 Å². The number of ketones is 1. The van der Waals surface area contributed by atoms with Gasteiger partial charge in [-0.15, -0.1) is 0 Å². The molecular weight excluding hydrogens is 204 g/mol. The Kier molecular flexibility index (Phi) is 2.79. The summed E-state index contributed by atoms with van der Waals surface area (Å²) in [5.41, 5.74) is 0.436.